The van der Waals surface area contributed by atoms with Crippen molar-refractivity contribution >= 4 is 105 Å². The summed E-state index contributed by atoms with van der Waals surface area (Å²) in [7, 11) is -27.5. The smallest absolute Gasteiger partial charge is 0.397 e. The second-order valence-electron chi connectivity index (χ2n) is 10.9. The normalized spacial score (nSPS) is 14.4. The van der Waals surface area contributed by atoms with Crippen molar-refractivity contribution < 1.29 is 78.0 Å². The quantitative estimate of drug-likeness (QED) is 0.0407. The second-order valence-corrected chi connectivity index (χ2v) is 20.4. The van der Waals surface area contributed by atoms with Gasteiger partial charge in [-0.05, 0) is 66.0 Å². The van der Waals surface area contributed by atoms with E-state index in [4.69, 9.17) is 14.8 Å². The first-order chi connectivity index (χ1) is 25.6. The number of hydrogen-bond donors (Lipinski definition) is 6. The van der Waals surface area contributed by atoms with Gasteiger partial charge in [-0.2, -0.15) is 35.5 Å². The molecule has 7 N–H and O–H groups in total. The number of aromatic hydroxyl groups is 1. The van der Waals surface area contributed by atoms with Gasteiger partial charge < -0.3 is 10.8 Å². The summed E-state index contributed by atoms with van der Waals surface area (Å²) in [6, 6.07) is 9.75. The van der Waals surface area contributed by atoms with Gasteiger partial charge in [-0.1, -0.05) is 0 Å². The summed E-state index contributed by atoms with van der Waals surface area (Å²) >= 11 is 0. The molecule has 304 valence electrons. The van der Waals surface area contributed by atoms with Crippen molar-refractivity contribution in [3.05, 3.63) is 60.7 Å². The molecule has 0 saturated carbocycles. The van der Waals surface area contributed by atoms with E-state index in [0.717, 1.165) is 48.5 Å². The highest BCUT2D eigenvalue weighted by Crippen LogP contribution is 2.48. The van der Waals surface area contributed by atoms with Crippen LogP contribution in [0.5, 0.6) is 5.75 Å². The van der Waals surface area contributed by atoms with Gasteiger partial charge in [0, 0.05) is 5.87 Å². The first-order valence-electron chi connectivity index (χ1n) is 14.5. The van der Waals surface area contributed by atoms with E-state index in [1.165, 1.54) is 0 Å². The first kappa shape index (κ1) is 44.2. The lowest BCUT2D eigenvalue weighted by Gasteiger charge is -2.14. The maximum atomic E-state index is 12.5. The number of nitrogens with two attached hydrogens (primary N) is 1. The second kappa shape index (κ2) is 16.1. The first-order valence-corrected chi connectivity index (χ1v) is 23.7. The van der Waals surface area contributed by atoms with Crippen LogP contribution in [-0.2, 0) is 68.8 Å². The molecule has 0 spiro atoms. The predicted molar refractivity (Wildman–Crippen MR) is 196 cm³/mol. The maximum Gasteiger partial charge on any atom is 0.397 e. The minimum Gasteiger partial charge on any atom is -0.505 e. The summed E-state index contributed by atoms with van der Waals surface area (Å²) in [6.45, 7) is -1.57. The van der Waals surface area contributed by atoms with Crippen LogP contribution in [0.2, 0.25) is 0 Å². The van der Waals surface area contributed by atoms with Crippen LogP contribution in [0, 0.1) is 0 Å². The van der Waals surface area contributed by atoms with Crippen LogP contribution in [0.1, 0.15) is 0 Å². The lowest BCUT2D eigenvalue weighted by atomic mass is 10.1. The Kier molecular flexibility index (Phi) is 12.7. The van der Waals surface area contributed by atoms with E-state index in [2.05, 4.69) is 34.7 Å². The molecule has 1 atom stereocenters. The molecule has 0 aliphatic carbocycles. The molecule has 29 heteroatoms. The number of hydrogen-bond acceptors (Lipinski definition) is 19. The Labute approximate surface area is 318 Å². The topological polar surface area (TPSA) is 383 Å². The zero-order valence-corrected chi connectivity index (χ0v) is 32.6. The van der Waals surface area contributed by atoms with Crippen molar-refractivity contribution in [2.45, 2.75) is 19.6 Å². The molecule has 0 saturated heterocycles. The molecular formula is C27H27N5O18S6. The minimum atomic E-state index is -5.28. The van der Waals surface area contributed by atoms with Crippen LogP contribution in [0.3, 0.4) is 0 Å². The van der Waals surface area contributed by atoms with Gasteiger partial charge in [0.25, 0.3) is 20.2 Å². The SMILES string of the molecule is C=S(=O)(O)OCCS(=O)(=O)c1ccc(N=Nc2c(S(=O)(=O)O)cc3cc(S(=O)(=O)O)c(N=Nc4ccc(S(=O)(=O)CCOS(=O)(=O)O)cc4)c(O)c3c2N)cc1. The number of phenols is 1. The van der Waals surface area contributed by atoms with E-state index in [1.54, 1.807) is 0 Å². The maximum absolute atomic E-state index is 12.5. The Hall–Kier alpha value is -4.53. The highest BCUT2D eigenvalue weighted by atomic mass is 32.3. The number of sulfone groups is 2. The average Bonchev–Trinajstić information content (AvgIpc) is 3.05. The van der Waals surface area contributed by atoms with E-state index in [0.29, 0.717) is 12.1 Å². The lowest BCUT2D eigenvalue weighted by Crippen LogP contribution is -2.15. The summed E-state index contributed by atoms with van der Waals surface area (Å²) in [5, 5.41) is 25.1. The lowest BCUT2D eigenvalue weighted by molar-refractivity contribution is 0.283. The molecule has 0 fully saturated rings. The van der Waals surface area contributed by atoms with Gasteiger partial charge in [0.15, 0.2) is 35.5 Å². The Morgan fingerprint density at radius 3 is 1.38 bits per heavy atom. The van der Waals surface area contributed by atoms with Crippen LogP contribution >= 0.6 is 0 Å². The number of anilines is 1. The van der Waals surface area contributed by atoms with Crippen molar-refractivity contribution in [1.29, 1.82) is 0 Å². The van der Waals surface area contributed by atoms with Crippen LogP contribution in [0.25, 0.3) is 10.8 Å². The number of benzene rings is 4. The monoisotopic (exact) mass is 901 g/mol. The Morgan fingerprint density at radius 1 is 0.589 bits per heavy atom. The fourth-order valence-corrected chi connectivity index (χ4v) is 8.87. The van der Waals surface area contributed by atoms with E-state index >= 15 is 0 Å². The van der Waals surface area contributed by atoms with Crippen molar-refractivity contribution in [3.63, 3.8) is 0 Å². The average molecular weight is 902 g/mol. The number of azo groups is 2. The summed E-state index contributed by atoms with van der Waals surface area (Å²) in [5.41, 5.74) is 3.42. The Morgan fingerprint density at radius 2 is 0.982 bits per heavy atom. The highest BCUT2D eigenvalue weighted by molar-refractivity contribution is 7.92. The number of nitrogens with zero attached hydrogens (tertiary/aromatic N) is 4. The number of phenolic OH excluding ortho intramolecular Hbond substituents is 1. The molecule has 0 radical (unpaired) electrons. The third kappa shape index (κ3) is 11.3. The molecule has 0 heterocycles. The van der Waals surface area contributed by atoms with Gasteiger partial charge in [-0.3, -0.25) is 22.4 Å². The molecule has 4 aromatic rings. The summed E-state index contributed by atoms with van der Waals surface area (Å²) in [5.74, 6) is 0.146. The van der Waals surface area contributed by atoms with Crippen LogP contribution in [0.4, 0.5) is 28.4 Å². The highest BCUT2D eigenvalue weighted by Gasteiger charge is 2.28. The molecule has 0 aliphatic rings. The van der Waals surface area contributed by atoms with E-state index in [1.807, 2.05) is 0 Å². The van der Waals surface area contributed by atoms with Crippen molar-refractivity contribution in [1.82, 2.24) is 0 Å². The molecule has 0 aliphatic heterocycles. The fraction of sp³-hybridized carbons (Fsp3) is 0.148. The van der Waals surface area contributed by atoms with Crippen LogP contribution < -0.4 is 5.73 Å². The van der Waals surface area contributed by atoms with Gasteiger partial charge in [0.05, 0.1) is 57.0 Å². The molecular weight excluding hydrogens is 875 g/mol. The standard InChI is InChI=1S/C27H27N5O18S6/c1-51(34,35)49-10-12-52(36,37)19-6-2-17(3-7-19)29-31-25-21(54(40,41)42)14-16-15-22(55(43,44)45)26(27(33)23(16)24(25)28)32-30-18-4-8-20(9-5-18)53(38,39)13-11-50-56(46,47)48/h2-9,14-15,33H,1,10-13,28H2,(H,34,35)(H,40,41,42)(H,43,44,45)(H,46,47,48). The van der Waals surface area contributed by atoms with Crippen molar-refractivity contribution in [2.24, 2.45) is 20.5 Å². The Balaban J connectivity index is 1.76. The van der Waals surface area contributed by atoms with Gasteiger partial charge in [-0.25, -0.2) is 25.2 Å². The summed E-state index contributed by atoms with van der Waals surface area (Å²) in [4.78, 5) is -2.81. The van der Waals surface area contributed by atoms with E-state index < -0.39 is 128 Å². The third-order valence-corrected chi connectivity index (χ3v) is 13.1. The zero-order valence-electron chi connectivity index (χ0n) is 27.7. The third-order valence-electron chi connectivity index (χ3n) is 7.00. The van der Waals surface area contributed by atoms with Gasteiger partial charge >= 0.3 is 10.4 Å². The molecule has 4 aromatic carbocycles. The molecule has 0 amide bonds. The fourth-order valence-electron chi connectivity index (χ4n) is 4.52. The van der Waals surface area contributed by atoms with Gasteiger partial charge in [0.2, 0.25) is 0 Å². The minimum absolute atomic E-state index is 0.109. The molecule has 0 bridgehead atoms. The van der Waals surface area contributed by atoms with Crippen LogP contribution in [0.15, 0.2) is 101 Å². The van der Waals surface area contributed by atoms with Crippen LogP contribution in [-0.4, -0.2) is 100 Å². The number of nitrogen functional groups attached to an aromatic ring is 1. The molecule has 0 aromatic heterocycles. The van der Waals surface area contributed by atoms with Gasteiger partial charge in [0.1, 0.15) is 21.2 Å². The van der Waals surface area contributed by atoms with Crippen molar-refractivity contribution in [3.8, 4) is 5.75 Å². The van der Waals surface area contributed by atoms with E-state index in [9.17, 15) is 60.5 Å². The Bertz CT molecular complexity index is 2740. The molecule has 23 nitrogen and oxygen atoms in total. The number of rotatable bonds is 16. The van der Waals surface area contributed by atoms with Gasteiger partial charge in [-0.15, -0.1) is 10.2 Å². The zero-order chi connectivity index (χ0) is 42.1. The van der Waals surface area contributed by atoms with Crippen molar-refractivity contribution in [2.75, 3.05) is 30.5 Å². The largest absolute Gasteiger partial charge is 0.505 e. The number of fused-ring (bicyclic) bond motifs is 1. The summed E-state index contributed by atoms with van der Waals surface area (Å²) in [6.07, 6.45) is 0. The summed E-state index contributed by atoms with van der Waals surface area (Å²) < 4.78 is 178. The van der Waals surface area contributed by atoms with E-state index in [-0.39, 0.29) is 21.2 Å². The molecule has 56 heavy (non-hydrogen) atoms. The molecule has 4 rings (SSSR count). The molecule has 1 unspecified atom stereocenters. The predicted octanol–water partition coefficient (Wildman–Crippen LogP) is 2.94.